The first kappa shape index (κ1) is 22.7. The predicted octanol–water partition coefficient (Wildman–Crippen LogP) is 4.44. The van der Waals surface area contributed by atoms with E-state index in [0.29, 0.717) is 29.4 Å². The number of methoxy groups -OCH3 is 3. The van der Waals surface area contributed by atoms with Crippen LogP contribution in [0.5, 0.6) is 17.2 Å². The summed E-state index contributed by atoms with van der Waals surface area (Å²) in [7, 11) is 8.60. The Hall–Kier alpha value is -3.48. The molecule has 2 aromatic carbocycles. The van der Waals surface area contributed by atoms with Crippen LogP contribution in [0.4, 0.5) is 5.82 Å². The maximum absolute atomic E-state index is 13.8. The minimum atomic E-state index is -0.0935. The number of amides is 1. The van der Waals surface area contributed by atoms with Crippen molar-refractivity contribution in [3.05, 3.63) is 53.1 Å². The topological polar surface area (TPSA) is 64.1 Å². The molecule has 1 fully saturated rings. The lowest BCUT2D eigenvalue weighted by Crippen LogP contribution is -2.33. The molecule has 1 aliphatic carbocycles. The van der Waals surface area contributed by atoms with Gasteiger partial charge in [-0.05, 0) is 49.6 Å². The van der Waals surface area contributed by atoms with E-state index in [4.69, 9.17) is 19.2 Å². The molecule has 1 aromatic heterocycles. The van der Waals surface area contributed by atoms with Crippen molar-refractivity contribution < 1.29 is 19.0 Å². The number of carbonyl (C=O) groups is 1. The van der Waals surface area contributed by atoms with E-state index in [1.54, 1.807) is 26.4 Å². The van der Waals surface area contributed by atoms with E-state index in [2.05, 4.69) is 31.2 Å². The average Bonchev–Trinajstić information content (AvgIpc) is 3.65. The number of aromatic nitrogens is 1. The summed E-state index contributed by atoms with van der Waals surface area (Å²) in [6.45, 7) is 2.53. The van der Waals surface area contributed by atoms with Crippen LogP contribution >= 0.6 is 0 Å². The molecule has 0 unspecified atom stereocenters. The zero-order valence-corrected chi connectivity index (χ0v) is 20.1. The zero-order chi connectivity index (χ0) is 23.7. The molecule has 7 heteroatoms. The quantitative estimate of drug-likeness (QED) is 0.507. The van der Waals surface area contributed by atoms with E-state index in [1.165, 1.54) is 12.7 Å². The molecule has 1 saturated carbocycles. The van der Waals surface area contributed by atoms with Gasteiger partial charge in [-0.1, -0.05) is 12.1 Å². The standard InChI is InChI=1S/C26H31N3O4/c1-16-7-8-17-14-18(25(28(2)3)27-21(17)13-16)15-29(19-9-10-19)26(30)20-11-12-22(31-4)24(33-6)23(20)32-5/h7-8,11-14,19H,9-10,15H2,1-6H3. The van der Waals surface area contributed by atoms with Crippen molar-refractivity contribution in [2.24, 2.45) is 0 Å². The number of aryl methyl sites for hydroxylation is 1. The molecular weight excluding hydrogens is 418 g/mol. The highest BCUT2D eigenvalue weighted by Gasteiger charge is 2.36. The Balaban J connectivity index is 1.75. The summed E-state index contributed by atoms with van der Waals surface area (Å²) in [6, 6.07) is 12.1. The molecule has 174 valence electrons. The van der Waals surface area contributed by atoms with E-state index in [9.17, 15) is 4.79 Å². The van der Waals surface area contributed by atoms with E-state index < -0.39 is 0 Å². The van der Waals surface area contributed by atoms with E-state index in [-0.39, 0.29) is 11.9 Å². The number of carbonyl (C=O) groups excluding carboxylic acids is 1. The number of nitrogens with zero attached hydrogens (tertiary/aromatic N) is 3. The second-order valence-electron chi connectivity index (χ2n) is 8.61. The van der Waals surface area contributed by atoms with Crippen molar-refractivity contribution in [2.45, 2.75) is 32.4 Å². The number of pyridine rings is 1. The van der Waals surface area contributed by atoms with Gasteiger partial charge < -0.3 is 24.0 Å². The number of hydrogen-bond acceptors (Lipinski definition) is 6. The Labute approximate surface area is 194 Å². The van der Waals surface area contributed by atoms with Gasteiger partial charge in [-0.15, -0.1) is 0 Å². The first-order valence-corrected chi connectivity index (χ1v) is 11.1. The van der Waals surface area contributed by atoms with Crippen molar-refractivity contribution in [3.8, 4) is 17.2 Å². The molecule has 1 aliphatic rings. The van der Waals surface area contributed by atoms with E-state index in [0.717, 1.165) is 35.1 Å². The summed E-state index contributed by atoms with van der Waals surface area (Å²) in [6.07, 6.45) is 1.97. The minimum absolute atomic E-state index is 0.0935. The number of anilines is 1. The number of rotatable bonds is 8. The Bertz CT molecular complexity index is 1190. The monoisotopic (exact) mass is 449 g/mol. The van der Waals surface area contributed by atoms with Gasteiger partial charge in [-0.2, -0.15) is 0 Å². The van der Waals surface area contributed by atoms with Crippen molar-refractivity contribution in [3.63, 3.8) is 0 Å². The van der Waals surface area contributed by atoms with Gasteiger partial charge in [0.05, 0.1) is 32.4 Å². The van der Waals surface area contributed by atoms with Gasteiger partial charge in [0.1, 0.15) is 5.82 Å². The van der Waals surface area contributed by atoms with Crippen LogP contribution in [0.25, 0.3) is 10.9 Å². The zero-order valence-electron chi connectivity index (χ0n) is 20.1. The molecule has 3 aromatic rings. The molecule has 4 rings (SSSR count). The normalized spacial score (nSPS) is 13.0. The van der Waals surface area contributed by atoms with Crippen molar-refractivity contribution in [1.82, 2.24) is 9.88 Å². The van der Waals surface area contributed by atoms with Crippen LogP contribution in [0.2, 0.25) is 0 Å². The Morgan fingerprint density at radius 1 is 1.00 bits per heavy atom. The first-order valence-electron chi connectivity index (χ1n) is 11.1. The maximum atomic E-state index is 13.8. The smallest absolute Gasteiger partial charge is 0.258 e. The summed E-state index contributed by atoms with van der Waals surface area (Å²) >= 11 is 0. The van der Waals surface area contributed by atoms with Crippen LogP contribution < -0.4 is 19.1 Å². The molecule has 33 heavy (non-hydrogen) atoms. The Kier molecular flexibility index (Phi) is 6.31. The fourth-order valence-corrected chi connectivity index (χ4v) is 4.18. The molecule has 0 spiro atoms. The largest absolute Gasteiger partial charge is 0.493 e. The van der Waals surface area contributed by atoms with Gasteiger partial charge in [0.2, 0.25) is 5.75 Å². The number of hydrogen-bond donors (Lipinski definition) is 0. The van der Waals surface area contributed by atoms with Crippen LogP contribution in [0, 0.1) is 6.92 Å². The predicted molar refractivity (Wildman–Crippen MR) is 130 cm³/mol. The fraction of sp³-hybridized carbons (Fsp3) is 0.385. The van der Waals surface area contributed by atoms with Crippen LogP contribution in [-0.2, 0) is 6.54 Å². The molecule has 0 bridgehead atoms. The first-order chi connectivity index (χ1) is 15.9. The third kappa shape index (κ3) is 4.40. The average molecular weight is 450 g/mol. The second-order valence-corrected chi connectivity index (χ2v) is 8.61. The summed E-state index contributed by atoms with van der Waals surface area (Å²) in [5, 5.41) is 1.06. The Morgan fingerprint density at radius 2 is 1.73 bits per heavy atom. The summed E-state index contributed by atoms with van der Waals surface area (Å²) in [5.41, 5.74) is 3.59. The SMILES string of the molecule is COc1ccc(C(=O)N(Cc2cc3ccc(C)cc3nc2N(C)C)C2CC2)c(OC)c1OC. The van der Waals surface area contributed by atoms with Gasteiger partial charge in [0.15, 0.2) is 11.5 Å². The number of benzene rings is 2. The second kappa shape index (κ2) is 9.17. The molecule has 1 heterocycles. The summed E-state index contributed by atoms with van der Waals surface area (Å²) in [5.74, 6) is 2.09. The van der Waals surface area contributed by atoms with E-state index in [1.807, 2.05) is 23.9 Å². The van der Waals surface area contributed by atoms with Crippen molar-refractivity contribution >= 4 is 22.6 Å². The molecule has 0 radical (unpaired) electrons. The molecule has 0 aliphatic heterocycles. The van der Waals surface area contributed by atoms with Gasteiger partial charge in [0.25, 0.3) is 5.91 Å². The molecule has 1 amide bonds. The van der Waals surface area contributed by atoms with E-state index >= 15 is 0 Å². The molecule has 0 atom stereocenters. The molecule has 0 saturated heterocycles. The number of ether oxygens (including phenoxy) is 3. The number of fused-ring (bicyclic) bond motifs is 1. The summed E-state index contributed by atoms with van der Waals surface area (Å²) in [4.78, 5) is 22.6. The fourth-order valence-electron chi connectivity index (χ4n) is 4.18. The third-order valence-corrected chi connectivity index (χ3v) is 5.98. The van der Waals surface area contributed by atoms with Crippen LogP contribution in [0.15, 0.2) is 36.4 Å². The lowest BCUT2D eigenvalue weighted by molar-refractivity contribution is 0.0726. The van der Waals surface area contributed by atoms with Crippen molar-refractivity contribution in [1.29, 1.82) is 0 Å². The third-order valence-electron chi connectivity index (χ3n) is 5.98. The molecular formula is C26H31N3O4. The minimum Gasteiger partial charge on any atom is -0.493 e. The highest BCUT2D eigenvalue weighted by atomic mass is 16.5. The van der Waals surface area contributed by atoms with Gasteiger partial charge in [-0.3, -0.25) is 4.79 Å². The van der Waals surface area contributed by atoms with Gasteiger partial charge >= 0.3 is 0 Å². The maximum Gasteiger partial charge on any atom is 0.258 e. The highest BCUT2D eigenvalue weighted by Crippen LogP contribution is 2.41. The van der Waals surface area contributed by atoms with Crippen LogP contribution in [0.1, 0.15) is 34.3 Å². The molecule has 7 nitrogen and oxygen atoms in total. The Morgan fingerprint density at radius 3 is 2.33 bits per heavy atom. The lowest BCUT2D eigenvalue weighted by Gasteiger charge is -2.26. The van der Waals surface area contributed by atoms with Crippen LogP contribution in [-0.4, -0.2) is 57.3 Å². The van der Waals surface area contributed by atoms with Crippen LogP contribution in [0.3, 0.4) is 0 Å². The highest BCUT2D eigenvalue weighted by molar-refractivity contribution is 5.99. The lowest BCUT2D eigenvalue weighted by atomic mass is 10.1. The van der Waals surface area contributed by atoms with Gasteiger partial charge in [0, 0.05) is 37.6 Å². The van der Waals surface area contributed by atoms with Crippen molar-refractivity contribution in [2.75, 3.05) is 40.3 Å². The molecule has 0 N–H and O–H groups in total. The summed E-state index contributed by atoms with van der Waals surface area (Å²) < 4.78 is 16.5. The van der Waals surface area contributed by atoms with Gasteiger partial charge in [-0.25, -0.2) is 4.98 Å².